The SMILES string of the molecule is CC(C)n1cc(C(Nc2ccc3ncc(C#N)cc3c2)c2cccnc2)nn1. The van der Waals surface area contributed by atoms with Crippen molar-refractivity contribution in [3.05, 3.63) is 78.0 Å². The van der Waals surface area contributed by atoms with Crippen LogP contribution in [0, 0.1) is 11.3 Å². The first-order chi connectivity index (χ1) is 13.6. The van der Waals surface area contributed by atoms with E-state index in [0.717, 1.165) is 27.8 Å². The molecular formula is C21H19N7. The van der Waals surface area contributed by atoms with Crippen LogP contribution in [0.15, 0.2) is 61.2 Å². The van der Waals surface area contributed by atoms with Crippen molar-refractivity contribution in [2.75, 3.05) is 5.32 Å². The molecule has 138 valence electrons. The average Bonchev–Trinajstić information content (AvgIpc) is 3.22. The van der Waals surface area contributed by atoms with Gasteiger partial charge in [-0.25, -0.2) is 4.68 Å². The molecule has 3 aromatic heterocycles. The number of fused-ring (bicyclic) bond motifs is 1. The molecule has 0 aliphatic heterocycles. The second kappa shape index (κ2) is 7.45. The molecule has 0 amide bonds. The zero-order valence-electron chi connectivity index (χ0n) is 15.6. The fraction of sp³-hybridized carbons (Fsp3) is 0.190. The normalized spacial score (nSPS) is 12.1. The topological polar surface area (TPSA) is 92.3 Å². The van der Waals surface area contributed by atoms with Gasteiger partial charge in [0.25, 0.3) is 0 Å². The fourth-order valence-corrected chi connectivity index (χ4v) is 3.00. The number of nitriles is 1. The van der Waals surface area contributed by atoms with E-state index >= 15 is 0 Å². The molecule has 0 saturated carbocycles. The van der Waals surface area contributed by atoms with E-state index in [1.54, 1.807) is 12.4 Å². The van der Waals surface area contributed by atoms with Crippen LogP contribution in [0.5, 0.6) is 0 Å². The van der Waals surface area contributed by atoms with Crippen LogP contribution in [0.4, 0.5) is 5.69 Å². The number of rotatable bonds is 5. The van der Waals surface area contributed by atoms with Gasteiger partial charge < -0.3 is 5.32 Å². The minimum absolute atomic E-state index is 0.203. The van der Waals surface area contributed by atoms with Crippen LogP contribution < -0.4 is 5.32 Å². The summed E-state index contributed by atoms with van der Waals surface area (Å²) in [4.78, 5) is 8.57. The summed E-state index contributed by atoms with van der Waals surface area (Å²) in [5, 5.41) is 22.2. The van der Waals surface area contributed by atoms with Gasteiger partial charge in [-0.15, -0.1) is 5.10 Å². The summed E-state index contributed by atoms with van der Waals surface area (Å²) in [6.45, 7) is 4.13. The van der Waals surface area contributed by atoms with Crippen molar-refractivity contribution in [3.63, 3.8) is 0 Å². The van der Waals surface area contributed by atoms with Crippen molar-refractivity contribution in [3.8, 4) is 6.07 Å². The Balaban J connectivity index is 1.73. The van der Waals surface area contributed by atoms with Gasteiger partial charge in [-0.3, -0.25) is 9.97 Å². The van der Waals surface area contributed by atoms with Gasteiger partial charge in [0.15, 0.2) is 0 Å². The third kappa shape index (κ3) is 3.53. The third-order valence-corrected chi connectivity index (χ3v) is 4.49. The first-order valence-electron chi connectivity index (χ1n) is 9.02. The predicted molar refractivity (Wildman–Crippen MR) is 107 cm³/mol. The summed E-state index contributed by atoms with van der Waals surface area (Å²) < 4.78 is 1.84. The summed E-state index contributed by atoms with van der Waals surface area (Å²) in [7, 11) is 0. The maximum atomic E-state index is 9.13. The Kier molecular flexibility index (Phi) is 4.68. The Morgan fingerprint density at radius 2 is 2.04 bits per heavy atom. The molecule has 28 heavy (non-hydrogen) atoms. The number of pyridine rings is 2. The molecular weight excluding hydrogens is 350 g/mol. The highest BCUT2D eigenvalue weighted by Crippen LogP contribution is 2.27. The lowest BCUT2D eigenvalue weighted by Gasteiger charge is -2.18. The largest absolute Gasteiger partial charge is 0.373 e. The molecule has 7 heteroatoms. The van der Waals surface area contributed by atoms with Crippen molar-refractivity contribution in [2.24, 2.45) is 0 Å². The summed E-state index contributed by atoms with van der Waals surface area (Å²) in [6, 6.07) is 13.8. The van der Waals surface area contributed by atoms with Crippen LogP contribution in [0.25, 0.3) is 10.9 Å². The van der Waals surface area contributed by atoms with Crippen LogP contribution in [0.2, 0.25) is 0 Å². The fourth-order valence-electron chi connectivity index (χ4n) is 3.00. The van der Waals surface area contributed by atoms with E-state index < -0.39 is 0 Å². The summed E-state index contributed by atoms with van der Waals surface area (Å²) >= 11 is 0. The van der Waals surface area contributed by atoms with Gasteiger partial charge in [-0.2, -0.15) is 5.26 Å². The average molecular weight is 369 g/mol. The molecule has 0 radical (unpaired) electrons. The highest BCUT2D eigenvalue weighted by atomic mass is 15.4. The lowest BCUT2D eigenvalue weighted by Crippen LogP contribution is -2.13. The first-order valence-corrected chi connectivity index (χ1v) is 9.02. The number of hydrogen-bond donors (Lipinski definition) is 1. The second-order valence-corrected chi connectivity index (χ2v) is 6.82. The number of aromatic nitrogens is 5. The number of nitrogens with zero attached hydrogens (tertiary/aromatic N) is 6. The van der Waals surface area contributed by atoms with Crippen LogP contribution in [0.1, 0.15) is 42.8 Å². The maximum Gasteiger partial charge on any atom is 0.110 e. The Morgan fingerprint density at radius 1 is 1.14 bits per heavy atom. The molecule has 0 bridgehead atoms. The molecule has 1 atom stereocenters. The Morgan fingerprint density at radius 3 is 2.75 bits per heavy atom. The van der Waals surface area contributed by atoms with Crippen LogP contribution in [0.3, 0.4) is 0 Å². The van der Waals surface area contributed by atoms with Crippen LogP contribution in [-0.4, -0.2) is 25.0 Å². The summed E-state index contributed by atoms with van der Waals surface area (Å²) in [5.41, 5.74) is 4.08. The van der Waals surface area contributed by atoms with Gasteiger partial charge in [0.1, 0.15) is 11.8 Å². The zero-order chi connectivity index (χ0) is 19.5. The smallest absolute Gasteiger partial charge is 0.110 e. The minimum Gasteiger partial charge on any atom is -0.373 e. The molecule has 4 rings (SSSR count). The Bertz CT molecular complexity index is 1140. The van der Waals surface area contributed by atoms with Crippen molar-refractivity contribution < 1.29 is 0 Å². The molecule has 0 spiro atoms. The van der Waals surface area contributed by atoms with Gasteiger partial charge in [-0.1, -0.05) is 11.3 Å². The van der Waals surface area contributed by atoms with Crippen molar-refractivity contribution in [2.45, 2.75) is 25.9 Å². The van der Waals surface area contributed by atoms with Gasteiger partial charge in [-0.05, 0) is 49.7 Å². The van der Waals surface area contributed by atoms with E-state index in [1.807, 2.05) is 53.5 Å². The van der Waals surface area contributed by atoms with Crippen molar-refractivity contribution in [1.29, 1.82) is 5.26 Å². The highest BCUT2D eigenvalue weighted by Gasteiger charge is 2.19. The predicted octanol–water partition coefficient (Wildman–Crippen LogP) is 3.88. The van der Waals surface area contributed by atoms with E-state index in [0.29, 0.717) is 5.56 Å². The van der Waals surface area contributed by atoms with E-state index in [-0.39, 0.29) is 12.1 Å². The quantitative estimate of drug-likeness (QED) is 0.574. The monoisotopic (exact) mass is 369 g/mol. The molecule has 1 aromatic carbocycles. The second-order valence-electron chi connectivity index (χ2n) is 6.82. The van der Waals surface area contributed by atoms with Crippen molar-refractivity contribution >= 4 is 16.6 Å². The first kappa shape index (κ1) is 17.6. The van der Waals surface area contributed by atoms with Crippen molar-refractivity contribution in [1.82, 2.24) is 25.0 Å². The van der Waals surface area contributed by atoms with E-state index in [9.17, 15) is 0 Å². The number of anilines is 1. The Labute approximate surface area is 162 Å². The molecule has 0 aliphatic carbocycles. The van der Waals surface area contributed by atoms with Gasteiger partial charge in [0.05, 0.1) is 23.3 Å². The molecule has 1 unspecified atom stereocenters. The molecule has 0 saturated heterocycles. The molecule has 0 aliphatic rings. The number of hydrogen-bond acceptors (Lipinski definition) is 6. The standard InChI is InChI=1S/C21H19N7/c1-14(2)28-13-20(26-27-28)21(16-4-3-7-23-12-16)25-18-5-6-19-17(9-18)8-15(10-22)11-24-19/h3-9,11-14,21,25H,1-2H3. The van der Waals surface area contributed by atoms with Crippen LogP contribution in [-0.2, 0) is 0 Å². The molecule has 3 heterocycles. The molecule has 1 N–H and O–H groups in total. The lowest BCUT2D eigenvalue weighted by atomic mass is 10.1. The third-order valence-electron chi connectivity index (χ3n) is 4.49. The highest BCUT2D eigenvalue weighted by molar-refractivity contribution is 5.83. The van der Waals surface area contributed by atoms with E-state index in [2.05, 4.69) is 45.5 Å². The number of benzene rings is 1. The Hall–Kier alpha value is -3.79. The van der Waals surface area contributed by atoms with E-state index in [1.165, 1.54) is 0 Å². The lowest BCUT2D eigenvalue weighted by molar-refractivity contribution is 0.514. The van der Waals surface area contributed by atoms with Crippen LogP contribution >= 0.6 is 0 Å². The summed E-state index contributed by atoms with van der Waals surface area (Å²) in [5.74, 6) is 0. The van der Waals surface area contributed by atoms with E-state index in [4.69, 9.17) is 5.26 Å². The van der Waals surface area contributed by atoms with Gasteiger partial charge in [0.2, 0.25) is 0 Å². The maximum absolute atomic E-state index is 9.13. The molecule has 7 nitrogen and oxygen atoms in total. The molecule has 4 aromatic rings. The van der Waals surface area contributed by atoms with Gasteiger partial charge in [0, 0.05) is 35.7 Å². The van der Waals surface area contributed by atoms with Gasteiger partial charge >= 0.3 is 0 Å². The number of nitrogens with one attached hydrogen (secondary N) is 1. The summed E-state index contributed by atoms with van der Waals surface area (Å²) in [6.07, 6.45) is 7.10. The molecule has 0 fully saturated rings. The zero-order valence-corrected chi connectivity index (χ0v) is 15.6. The minimum atomic E-state index is -0.203.